The molecule has 1 fully saturated rings. The lowest BCUT2D eigenvalue weighted by Crippen LogP contribution is -2.47. The first-order valence-electron chi connectivity index (χ1n) is 4.70. The Hall–Kier alpha value is -0.610. The van der Waals surface area contributed by atoms with E-state index in [1.54, 1.807) is 0 Å². The molecule has 13 heavy (non-hydrogen) atoms. The van der Waals surface area contributed by atoms with Crippen LogP contribution in [0.15, 0.2) is 0 Å². The minimum atomic E-state index is -0.536. The molecule has 0 aromatic heterocycles. The summed E-state index contributed by atoms with van der Waals surface area (Å²) in [6.07, 6.45) is 2.45. The zero-order chi connectivity index (χ0) is 9.84. The number of amides is 1. The van der Waals surface area contributed by atoms with Crippen molar-refractivity contribution in [2.75, 3.05) is 13.7 Å². The standard InChI is InChI=1S/C9H18N2O2/c1-6(7-3-4-7)11-9(12)8(10)5-13-2/h6-8H,3-5,10H2,1-2H3,(H,11,12). The van der Waals surface area contributed by atoms with Crippen LogP contribution in [0.4, 0.5) is 0 Å². The molecule has 1 aliphatic rings. The summed E-state index contributed by atoms with van der Waals surface area (Å²) in [6, 6.07) is -0.276. The van der Waals surface area contributed by atoms with Crippen molar-refractivity contribution in [3.63, 3.8) is 0 Å². The summed E-state index contributed by atoms with van der Waals surface area (Å²) >= 11 is 0. The van der Waals surface area contributed by atoms with E-state index in [1.165, 1.54) is 20.0 Å². The number of ether oxygens (including phenoxy) is 1. The first kappa shape index (κ1) is 10.5. The van der Waals surface area contributed by atoms with Crippen molar-refractivity contribution in [1.29, 1.82) is 0 Å². The highest BCUT2D eigenvalue weighted by Crippen LogP contribution is 2.32. The predicted octanol–water partition coefficient (Wildman–Crippen LogP) is -0.125. The Morgan fingerprint density at radius 3 is 2.77 bits per heavy atom. The lowest BCUT2D eigenvalue weighted by Gasteiger charge is -2.16. The Morgan fingerprint density at radius 1 is 1.69 bits per heavy atom. The van der Waals surface area contributed by atoms with Crippen molar-refractivity contribution in [3.05, 3.63) is 0 Å². The van der Waals surface area contributed by atoms with Crippen LogP contribution in [0, 0.1) is 5.92 Å². The van der Waals surface area contributed by atoms with E-state index in [-0.39, 0.29) is 18.6 Å². The van der Waals surface area contributed by atoms with Gasteiger partial charge < -0.3 is 15.8 Å². The predicted molar refractivity (Wildman–Crippen MR) is 50.2 cm³/mol. The van der Waals surface area contributed by atoms with Crippen molar-refractivity contribution in [2.24, 2.45) is 11.7 Å². The quantitative estimate of drug-likeness (QED) is 0.629. The lowest BCUT2D eigenvalue weighted by molar-refractivity contribution is -0.124. The summed E-state index contributed by atoms with van der Waals surface area (Å²) in [5.41, 5.74) is 5.56. The van der Waals surface area contributed by atoms with E-state index in [4.69, 9.17) is 10.5 Å². The van der Waals surface area contributed by atoms with Crippen molar-refractivity contribution in [1.82, 2.24) is 5.32 Å². The molecule has 3 N–H and O–H groups in total. The molecule has 2 unspecified atom stereocenters. The van der Waals surface area contributed by atoms with E-state index in [0.29, 0.717) is 5.92 Å². The van der Waals surface area contributed by atoms with E-state index in [2.05, 4.69) is 5.32 Å². The van der Waals surface area contributed by atoms with E-state index >= 15 is 0 Å². The van der Waals surface area contributed by atoms with E-state index in [9.17, 15) is 4.79 Å². The molecule has 1 aliphatic carbocycles. The van der Waals surface area contributed by atoms with Crippen LogP contribution in [0.25, 0.3) is 0 Å². The Morgan fingerprint density at radius 2 is 2.31 bits per heavy atom. The summed E-state index contributed by atoms with van der Waals surface area (Å²) in [5.74, 6) is 0.556. The number of carbonyl (C=O) groups excluding carboxylic acids is 1. The van der Waals surface area contributed by atoms with Crippen LogP contribution in [-0.4, -0.2) is 31.7 Å². The number of hydrogen-bond acceptors (Lipinski definition) is 3. The van der Waals surface area contributed by atoms with Gasteiger partial charge in [0.25, 0.3) is 0 Å². The molecule has 0 saturated heterocycles. The molecule has 1 saturated carbocycles. The van der Waals surface area contributed by atoms with Gasteiger partial charge in [0.05, 0.1) is 6.61 Å². The van der Waals surface area contributed by atoms with Crippen molar-refractivity contribution >= 4 is 5.91 Å². The maximum absolute atomic E-state index is 11.4. The summed E-state index contributed by atoms with van der Waals surface area (Å²) in [7, 11) is 1.54. The second-order valence-corrected chi connectivity index (χ2v) is 3.70. The molecule has 0 aliphatic heterocycles. The lowest BCUT2D eigenvalue weighted by atomic mass is 10.2. The normalized spacial score (nSPS) is 20.8. The topological polar surface area (TPSA) is 64.3 Å². The summed E-state index contributed by atoms with van der Waals surface area (Å²) < 4.78 is 4.80. The Balaban J connectivity index is 2.22. The average molecular weight is 186 g/mol. The maximum atomic E-state index is 11.4. The van der Waals surface area contributed by atoms with Gasteiger partial charge in [-0.25, -0.2) is 0 Å². The van der Waals surface area contributed by atoms with Crippen molar-refractivity contribution < 1.29 is 9.53 Å². The zero-order valence-corrected chi connectivity index (χ0v) is 8.25. The number of nitrogens with two attached hydrogens (primary N) is 1. The third kappa shape index (κ3) is 3.32. The van der Waals surface area contributed by atoms with Crippen LogP contribution < -0.4 is 11.1 Å². The molecule has 1 amide bonds. The monoisotopic (exact) mass is 186 g/mol. The molecule has 0 heterocycles. The van der Waals surface area contributed by atoms with Crippen LogP contribution in [-0.2, 0) is 9.53 Å². The molecule has 0 aromatic rings. The molecule has 4 heteroatoms. The van der Waals surface area contributed by atoms with Crippen LogP contribution in [0.3, 0.4) is 0 Å². The van der Waals surface area contributed by atoms with Gasteiger partial charge in [-0.05, 0) is 25.7 Å². The Kier molecular flexibility index (Phi) is 3.69. The SMILES string of the molecule is COCC(N)C(=O)NC(C)C1CC1. The van der Waals surface area contributed by atoms with Crippen LogP contribution >= 0.6 is 0 Å². The van der Waals surface area contributed by atoms with Gasteiger partial charge in [0.1, 0.15) is 6.04 Å². The van der Waals surface area contributed by atoms with Gasteiger partial charge in [0.2, 0.25) is 5.91 Å². The molecular formula is C9H18N2O2. The van der Waals surface area contributed by atoms with E-state index in [1.807, 2.05) is 6.92 Å². The first-order chi connectivity index (χ1) is 6.15. The summed E-state index contributed by atoms with van der Waals surface area (Å²) in [4.78, 5) is 11.4. The number of carbonyl (C=O) groups is 1. The molecule has 76 valence electrons. The van der Waals surface area contributed by atoms with E-state index < -0.39 is 6.04 Å². The molecule has 0 aromatic carbocycles. The highest BCUT2D eigenvalue weighted by Gasteiger charge is 2.29. The number of nitrogens with one attached hydrogen (secondary N) is 1. The van der Waals surface area contributed by atoms with Crippen LogP contribution in [0.1, 0.15) is 19.8 Å². The molecule has 0 spiro atoms. The highest BCUT2D eigenvalue weighted by atomic mass is 16.5. The van der Waals surface area contributed by atoms with Crippen molar-refractivity contribution in [3.8, 4) is 0 Å². The highest BCUT2D eigenvalue weighted by molar-refractivity contribution is 5.81. The third-order valence-corrected chi connectivity index (χ3v) is 2.38. The fourth-order valence-corrected chi connectivity index (χ4v) is 1.30. The number of rotatable bonds is 5. The fourth-order valence-electron chi connectivity index (χ4n) is 1.30. The van der Waals surface area contributed by atoms with Gasteiger partial charge in [-0.3, -0.25) is 4.79 Å². The largest absolute Gasteiger partial charge is 0.383 e. The van der Waals surface area contributed by atoms with Crippen LogP contribution in [0.2, 0.25) is 0 Å². The summed E-state index contributed by atoms with van der Waals surface area (Å²) in [6.45, 7) is 2.30. The summed E-state index contributed by atoms with van der Waals surface area (Å²) in [5, 5.41) is 2.88. The van der Waals surface area contributed by atoms with Gasteiger partial charge in [-0.2, -0.15) is 0 Å². The second kappa shape index (κ2) is 4.58. The van der Waals surface area contributed by atoms with Gasteiger partial charge in [0.15, 0.2) is 0 Å². The zero-order valence-electron chi connectivity index (χ0n) is 8.25. The molecular weight excluding hydrogens is 168 g/mol. The van der Waals surface area contributed by atoms with E-state index in [0.717, 1.165) is 0 Å². The first-order valence-corrected chi connectivity index (χ1v) is 4.70. The molecule has 0 bridgehead atoms. The third-order valence-electron chi connectivity index (χ3n) is 2.38. The Labute approximate surface area is 78.8 Å². The van der Waals surface area contributed by atoms with Crippen molar-refractivity contribution in [2.45, 2.75) is 31.8 Å². The molecule has 4 nitrogen and oxygen atoms in total. The Bertz CT molecular complexity index is 180. The van der Waals surface area contributed by atoms with Gasteiger partial charge in [-0.1, -0.05) is 0 Å². The molecule has 0 radical (unpaired) electrons. The second-order valence-electron chi connectivity index (χ2n) is 3.70. The maximum Gasteiger partial charge on any atom is 0.239 e. The smallest absolute Gasteiger partial charge is 0.239 e. The van der Waals surface area contributed by atoms with Crippen LogP contribution in [0.5, 0.6) is 0 Å². The van der Waals surface area contributed by atoms with Gasteiger partial charge in [0, 0.05) is 13.2 Å². The minimum absolute atomic E-state index is 0.110. The molecule has 1 rings (SSSR count). The van der Waals surface area contributed by atoms with Gasteiger partial charge >= 0.3 is 0 Å². The number of methoxy groups -OCH3 is 1. The van der Waals surface area contributed by atoms with Gasteiger partial charge in [-0.15, -0.1) is 0 Å². The molecule has 2 atom stereocenters. The minimum Gasteiger partial charge on any atom is -0.383 e. The number of hydrogen-bond donors (Lipinski definition) is 2. The average Bonchev–Trinajstić information content (AvgIpc) is 2.86. The fraction of sp³-hybridized carbons (Fsp3) is 0.889.